The molecular weight excluding hydrogens is 380 g/mol. The molecule has 0 heterocycles. The Bertz CT molecular complexity index is 756. The molecule has 4 bridgehead atoms. The molecule has 4 aliphatic rings. The second-order valence-corrected chi connectivity index (χ2v) is 9.56. The lowest BCUT2D eigenvalue weighted by molar-refractivity contribution is -0.149. The fourth-order valence-electron chi connectivity index (χ4n) is 6.18. The van der Waals surface area contributed by atoms with Gasteiger partial charge in [0, 0.05) is 12.0 Å². The maximum Gasteiger partial charge on any atom is 0.308 e. The molecule has 0 saturated heterocycles. The molecule has 1 aromatic rings. The van der Waals surface area contributed by atoms with Gasteiger partial charge in [0.25, 0.3) is 5.91 Å². The molecule has 0 aliphatic heterocycles. The second-order valence-electron chi connectivity index (χ2n) is 9.56. The molecule has 6 nitrogen and oxygen atoms in total. The maximum absolute atomic E-state index is 12.9. The summed E-state index contributed by atoms with van der Waals surface area (Å²) in [6, 6.07) is 9.46. The van der Waals surface area contributed by atoms with Crippen molar-refractivity contribution < 1.29 is 19.1 Å². The van der Waals surface area contributed by atoms with E-state index in [1.165, 1.54) is 19.3 Å². The van der Waals surface area contributed by atoms with Gasteiger partial charge in [-0.05, 0) is 68.8 Å². The topological polar surface area (TPSA) is 84.5 Å². The van der Waals surface area contributed by atoms with E-state index in [-0.39, 0.29) is 42.8 Å². The van der Waals surface area contributed by atoms with E-state index in [4.69, 9.17) is 4.74 Å². The molecule has 4 saturated carbocycles. The van der Waals surface area contributed by atoms with Crippen LogP contribution in [0, 0.1) is 23.2 Å². The summed E-state index contributed by atoms with van der Waals surface area (Å²) >= 11 is 0. The van der Waals surface area contributed by atoms with Crippen LogP contribution in [0.15, 0.2) is 30.3 Å². The van der Waals surface area contributed by atoms with E-state index < -0.39 is 5.97 Å². The summed E-state index contributed by atoms with van der Waals surface area (Å²) in [5, 5.41) is 5.79. The van der Waals surface area contributed by atoms with Crippen LogP contribution in [0.4, 0.5) is 0 Å². The minimum absolute atomic E-state index is 0.0830. The number of ether oxygens (including phenoxy) is 1. The van der Waals surface area contributed by atoms with E-state index in [1.54, 1.807) is 0 Å². The third-order valence-corrected chi connectivity index (χ3v) is 7.18. The number of nitrogens with one attached hydrogen (secondary N) is 2. The van der Waals surface area contributed by atoms with Gasteiger partial charge in [0.2, 0.25) is 5.91 Å². The molecule has 5 rings (SSSR count). The van der Waals surface area contributed by atoms with Crippen molar-refractivity contribution in [2.45, 2.75) is 57.9 Å². The lowest BCUT2D eigenvalue weighted by Gasteiger charge is -2.55. The van der Waals surface area contributed by atoms with E-state index in [9.17, 15) is 14.4 Å². The van der Waals surface area contributed by atoms with Gasteiger partial charge in [-0.2, -0.15) is 0 Å². The zero-order chi connectivity index (χ0) is 21.1. The lowest BCUT2D eigenvalue weighted by Crippen LogP contribution is -2.53. The van der Waals surface area contributed by atoms with Gasteiger partial charge in [0.15, 0.2) is 6.61 Å². The van der Waals surface area contributed by atoms with Gasteiger partial charge >= 0.3 is 5.97 Å². The van der Waals surface area contributed by atoms with Gasteiger partial charge in [-0.25, -0.2) is 0 Å². The number of hydrogen-bond donors (Lipinski definition) is 2. The average Bonchev–Trinajstić information content (AvgIpc) is 2.72. The summed E-state index contributed by atoms with van der Waals surface area (Å²) in [6.07, 6.45) is 7.00. The molecule has 1 atom stereocenters. The number of carbonyl (C=O) groups is 3. The second kappa shape index (κ2) is 8.78. The Kier molecular flexibility index (Phi) is 6.11. The first-order chi connectivity index (χ1) is 14.4. The molecule has 0 radical (unpaired) electrons. The SMILES string of the molecule is C[C@@H](NC(=O)COC(=O)CCNC(=O)C12CC3CC(CC(C3)C1)C2)c1ccccc1. The molecule has 4 fully saturated rings. The molecule has 2 N–H and O–H groups in total. The Labute approximate surface area is 178 Å². The van der Waals surface area contributed by atoms with Crippen molar-refractivity contribution in [1.82, 2.24) is 10.6 Å². The van der Waals surface area contributed by atoms with Crippen LogP contribution < -0.4 is 10.6 Å². The third kappa shape index (κ3) is 4.68. The van der Waals surface area contributed by atoms with E-state index in [2.05, 4.69) is 10.6 Å². The first kappa shape index (κ1) is 20.9. The minimum atomic E-state index is -0.469. The highest BCUT2D eigenvalue weighted by atomic mass is 16.5. The predicted molar refractivity (Wildman–Crippen MR) is 112 cm³/mol. The highest BCUT2D eigenvalue weighted by Gasteiger charge is 2.54. The van der Waals surface area contributed by atoms with Crippen molar-refractivity contribution >= 4 is 17.8 Å². The van der Waals surface area contributed by atoms with E-state index >= 15 is 0 Å². The largest absolute Gasteiger partial charge is 0.456 e. The molecule has 0 aromatic heterocycles. The number of carbonyl (C=O) groups excluding carboxylic acids is 3. The quantitative estimate of drug-likeness (QED) is 0.643. The predicted octanol–water partition coefficient (Wildman–Crippen LogP) is 3.13. The summed E-state index contributed by atoms with van der Waals surface area (Å²) in [5.41, 5.74) is 0.788. The van der Waals surface area contributed by atoms with Gasteiger partial charge in [-0.15, -0.1) is 0 Å². The van der Waals surface area contributed by atoms with Crippen LogP contribution in [0.3, 0.4) is 0 Å². The molecule has 6 heteroatoms. The zero-order valence-electron chi connectivity index (χ0n) is 17.7. The summed E-state index contributed by atoms with van der Waals surface area (Å²) in [4.78, 5) is 36.9. The number of benzene rings is 1. The van der Waals surface area contributed by atoms with Crippen LogP contribution in [0.1, 0.15) is 63.5 Å². The first-order valence-electron chi connectivity index (χ1n) is 11.2. The van der Waals surface area contributed by atoms with Crippen molar-refractivity contribution in [2.24, 2.45) is 23.2 Å². The normalized spacial score (nSPS) is 29.8. The van der Waals surface area contributed by atoms with Crippen molar-refractivity contribution in [3.63, 3.8) is 0 Å². The van der Waals surface area contributed by atoms with Crippen molar-refractivity contribution in [3.05, 3.63) is 35.9 Å². The summed E-state index contributed by atoms with van der Waals surface area (Å²) in [6.45, 7) is 1.84. The number of esters is 1. The Morgan fingerprint density at radius 1 is 1.03 bits per heavy atom. The lowest BCUT2D eigenvalue weighted by atomic mass is 9.49. The van der Waals surface area contributed by atoms with Gasteiger partial charge in [0.1, 0.15) is 0 Å². The van der Waals surface area contributed by atoms with Crippen LogP contribution in [-0.2, 0) is 19.1 Å². The Hall–Kier alpha value is -2.37. The highest BCUT2D eigenvalue weighted by molar-refractivity contribution is 5.84. The van der Waals surface area contributed by atoms with Crippen LogP contribution in [0.25, 0.3) is 0 Å². The monoisotopic (exact) mass is 412 g/mol. The first-order valence-corrected chi connectivity index (χ1v) is 11.2. The number of rotatable bonds is 8. The third-order valence-electron chi connectivity index (χ3n) is 7.18. The molecule has 0 spiro atoms. The summed E-state index contributed by atoms with van der Waals surface area (Å²) < 4.78 is 5.07. The minimum Gasteiger partial charge on any atom is -0.456 e. The van der Waals surface area contributed by atoms with Crippen LogP contribution in [0.2, 0.25) is 0 Å². The highest BCUT2D eigenvalue weighted by Crippen LogP contribution is 2.60. The van der Waals surface area contributed by atoms with E-state index in [0.29, 0.717) is 17.8 Å². The van der Waals surface area contributed by atoms with Gasteiger partial charge in [-0.3, -0.25) is 14.4 Å². The van der Waals surface area contributed by atoms with Crippen molar-refractivity contribution in [2.75, 3.05) is 13.2 Å². The Balaban J connectivity index is 1.15. The zero-order valence-corrected chi connectivity index (χ0v) is 17.7. The average molecular weight is 413 g/mol. The van der Waals surface area contributed by atoms with Crippen LogP contribution in [0.5, 0.6) is 0 Å². The molecule has 2 amide bonds. The van der Waals surface area contributed by atoms with Gasteiger partial charge in [-0.1, -0.05) is 30.3 Å². The fourth-order valence-corrected chi connectivity index (χ4v) is 6.18. The van der Waals surface area contributed by atoms with Crippen molar-refractivity contribution in [1.29, 1.82) is 0 Å². The Morgan fingerprint density at radius 3 is 2.23 bits per heavy atom. The summed E-state index contributed by atoms with van der Waals surface area (Å²) in [5.74, 6) is 1.45. The smallest absolute Gasteiger partial charge is 0.308 e. The molecular formula is C24H32N2O4. The van der Waals surface area contributed by atoms with Crippen molar-refractivity contribution in [3.8, 4) is 0 Å². The molecule has 1 aromatic carbocycles. The fraction of sp³-hybridized carbons (Fsp3) is 0.625. The van der Waals surface area contributed by atoms with Crippen LogP contribution >= 0.6 is 0 Å². The van der Waals surface area contributed by atoms with E-state index in [1.807, 2.05) is 37.3 Å². The molecule has 4 aliphatic carbocycles. The Morgan fingerprint density at radius 2 is 1.63 bits per heavy atom. The maximum atomic E-state index is 12.9. The van der Waals surface area contributed by atoms with Crippen LogP contribution in [-0.4, -0.2) is 30.9 Å². The molecule has 30 heavy (non-hydrogen) atoms. The molecule has 162 valence electrons. The van der Waals surface area contributed by atoms with Gasteiger partial charge in [0.05, 0.1) is 12.5 Å². The standard InChI is InChI=1S/C24H32N2O4/c1-16(20-5-3-2-4-6-20)26-21(27)15-30-22(28)7-8-25-23(29)24-12-17-9-18(13-24)11-19(10-17)14-24/h2-6,16-19H,7-15H2,1H3,(H,25,29)(H,26,27)/t16-,17?,18?,19?,24?/m1/s1. The molecule has 0 unspecified atom stereocenters. The van der Waals surface area contributed by atoms with E-state index in [0.717, 1.165) is 24.8 Å². The summed E-state index contributed by atoms with van der Waals surface area (Å²) in [7, 11) is 0. The van der Waals surface area contributed by atoms with Gasteiger partial charge < -0.3 is 15.4 Å². The number of hydrogen-bond acceptors (Lipinski definition) is 4. The number of amides is 2.